The first-order chi connectivity index (χ1) is 7.74. The van der Waals surface area contributed by atoms with Crippen LogP contribution in [0.3, 0.4) is 0 Å². The molecule has 0 saturated carbocycles. The van der Waals surface area contributed by atoms with Gasteiger partial charge < -0.3 is 10.5 Å². The number of hydrogen-bond acceptors (Lipinski definition) is 4. The first-order valence-electron chi connectivity index (χ1n) is 5.41. The molecule has 1 heterocycles. The molecule has 0 saturated heterocycles. The lowest BCUT2D eigenvalue weighted by Gasteiger charge is -2.09. The average molecular weight is 222 g/mol. The third-order valence-electron chi connectivity index (χ3n) is 2.36. The van der Waals surface area contributed by atoms with Crippen LogP contribution < -0.4 is 5.73 Å². The molecule has 1 rings (SSSR count). The number of hydrogen-bond donors (Lipinski definition) is 1. The summed E-state index contributed by atoms with van der Waals surface area (Å²) >= 11 is 0. The van der Waals surface area contributed by atoms with Gasteiger partial charge >= 0.3 is 0 Å². The highest BCUT2D eigenvalue weighted by Crippen LogP contribution is 2.02. The summed E-state index contributed by atoms with van der Waals surface area (Å²) in [6.07, 6.45) is 3.47. The number of carbonyl (C=O) groups is 1. The second-order valence-electron chi connectivity index (χ2n) is 3.71. The summed E-state index contributed by atoms with van der Waals surface area (Å²) in [5, 5.41) is 0. The number of ketones is 1. The van der Waals surface area contributed by atoms with Crippen molar-refractivity contribution in [3.05, 3.63) is 30.1 Å². The number of rotatable bonds is 7. The van der Waals surface area contributed by atoms with E-state index in [0.717, 1.165) is 12.1 Å². The lowest BCUT2D eigenvalue weighted by atomic mass is 10.0. The van der Waals surface area contributed by atoms with E-state index in [4.69, 9.17) is 10.5 Å². The van der Waals surface area contributed by atoms with E-state index >= 15 is 0 Å². The molecule has 16 heavy (non-hydrogen) atoms. The van der Waals surface area contributed by atoms with Gasteiger partial charge in [-0.25, -0.2) is 0 Å². The van der Waals surface area contributed by atoms with Gasteiger partial charge in [0.15, 0.2) is 5.78 Å². The maximum Gasteiger partial charge on any atom is 0.155 e. The molecule has 0 aromatic carbocycles. The monoisotopic (exact) mass is 222 g/mol. The second-order valence-corrected chi connectivity index (χ2v) is 3.71. The minimum absolute atomic E-state index is 0.0369. The number of carbonyl (C=O) groups excluding carboxylic acids is 1. The molecule has 0 fully saturated rings. The van der Waals surface area contributed by atoms with Crippen molar-refractivity contribution in [3.63, 3.8) is 0 Å². The minimum atomic E-state index is -0.405. The lowest BCUT2D eigenvalue weighted by molar-refractivity contribution is -0.119. The lowest BCUT2D eigenvalue weighted by Crippen LogP contribution is -2.32. The van der Waals surface area contributed by atoms with Crippen molar-refractivity contribution in [3.8, 4) is 0 Å². The van der Waals surface area contributed by atoms with Gasteiger partial charge in [-0.05, 0) is 25.0 Å². The predicted molar refractivity (Wildman–Crippen MR) is 62.0 cm³/mol. The van der Waals surface area contributed by atoms with Gasteiger partial charge in [-0.15, -0.1) is 0 Å². The van der Waals surface area contributed by atoms with Crippen LogP contribution >= 0.6 is 0 Å². The predicted octanol–water partition coefficient (Wildman–Crippen LogP) is 0.947. The fourth-order valence-electron chi connectivity index (χ4n) is 1.42. The summed E-state index contributed by atoms with van der Waals surface area (Å²) < 4.78 is 4.91. The van der Waals surface area contributed by atoms with Gasteiger partial charge in [0.2, 0.25) is 0 Å². The maximum atomic E-state index is 11.7. The highest BCUT2D eigenvalue weighted by Gasteiger charge is 2.13. The third-order valence-corrected chi connectivity index (χ3v) is 2.36. The molecular weight excluding hydrogens is 204 g/mol. The largest absolute Gasteiger partial charge is 0.385 e. The number of nitrogens with two attached hydrogens (primary N) is 1. The Morgan fingerprint density at radius 1 is 1.56 bits per heavy atom. The maximum absolute atomic E-state index is 11.7. The van der Waals surface area contributed by atoms with E-state index in [-0.39, 0.29) is 5.78 Å². The van der Waals surface area contributed by atoms with E-state index in [0.29, 0.717) is 19.4 Å². The van der Waals surface area contributed by atoms with Crippen molar-refractivity contribution in [1.29, 1.82) is 0 Å². The number of methoxy groups -OCH3 is 1. The van der Waals surface area contributed by atoms with Crippen LogP contribution in [0.2, 0.25) is 0 Å². The van der Waals surface area contributed by atoms with Crippen LogP contribution in [0.5, 0.6) is 0 Å². The van der Waals surface area contributed by atoms with Crippen molar-refractivity contribution in [2.75, 3.05) is 13.7 Å². The molecule has 1 atom stereocenters. The Morgan fingerprint density at radius 2 is 2.38 bits per heavy atom. The zero-order valence-corrected chi connectivity index (χ0v) is 9.56. The summed E-state index contributed by atoms with van der Waals surface area (Å²) in [7, 11) is 1.64. The Labute approximate surface area is 95.8 Å². The molecule has 1 unspecified atom stereocenters. The Morgan fingerprint density at radius 3 is 3.00 bits per heavy atom. The second kappa shape index (κ2) is 7.09. The summed E-state index contributed by atoms with van der Waals surface area (Å²) in [4.78, 5) is 15.8. The van der Waals surface area contributed by atoms with Crippen LogP contribution in [0.4, 0.5) is 0 Å². The summed E-state index contributed by atoms with van der Waals surface area (Å²) in [5.41, 5.74) is 6.55. The molecule has 0 amide bonds. The van der Waals surface area contributed by atoms with Crippen molar-refractivity contribution in [2.45, 2.75) is 25.3 Å². The summed E-state index contributed by atoms with van der Waals surface area (Å²) in [6, 6.07) is 5.12. The quantitative estimate of drug-likeness (QED) is 0.697. The molecule has 0 aliphatic heterocycles. The van der Waals surface area contributed by atoms with E-state index in [2.05, 4.69) is 4.98 Å². The average Bonchev–Trinajstić information content (AvgIpc) is 2.30. The number of pyridine rings is 1. The van der Waals surface area contributed by atoms with Crippen molar-refractivity contribution >= 4 is 5.78 Å². The first kappa shape index (κ1) is 12.8. The van der Waals surface area contributed by atoms with Gasteiger partial charge in [-0.1, -0.05) is 6.07 Å². The van der Waals surface area contributed by atoms with Crippen LogP contribution in [-0.2, 0) is 16.0 Å². The molecule has 0 spiro atoms. The van der Waals surface area contributed by atoms with Crippen LogP contribution in [-0.4, -0.2) is 30.5 Å². The Bertz CT molecular complexity index is 314. The molecular formula is C12H18N2O2. The first-order valence-corrected chi connectivity index (χ1v) is 5.41. The third kappa shape index (κ3) is 4.51. The standard InChI is InChI=1S/C12H18N2O2/c1-16-8-4-6-11(13)12(15)9-10-5-2-3-7-14-10/h2-3,5,7,11H,4,6,8-9,13H2,1H3. The van der Waals surface area contributed by atoms with Crippen molar-refractivity contribution < 1.29 is 9.53 Å². The van der Waals surface area contributed by atoms with Crippen LogP contribution in [0.15, 0.2) is 24.4 Å². The van der Waals surface area contributed by atoms with Crippen molar-refractivity contribution in [1.82, 2.24) is 4.98 Å². The van der Waals surface area contributed by atoms with E-state index in [9.17, 15) is 4.79 Å². The normalized spacial score (nSPS) is 12.4. The highest BCUT2D eigenvalue weighted by molar-refractivity contribution is 5.85. The van der Waals surface area contributed by atoms with Gasteiger partial charge in [0, 0.05) is 25.6 Å². The molecule has 1 aromatic heterocycles. The number of Topliss-reactive ketones (excluding diaryl/α,β-unsaturated/α-hetero) is 1. The molecule has 0 radical (unpaired) electrons. The van der Waals surface area contributed by atoms with E-state index in [1.807, 2.05) is 18.2 Å². The minimum Gasteiger partial charge on any atom is -0.385 e. The molecule has 88 valence electrons. The van der Waals surface area contributed by atoms with Crippen LogP contribution in [0, 0.1) is 0 Å². The molecule has 4 nitrogen and oxygen atoms in total. The molecule has 0 bridgehead atoms. The fraction of sp³-hybridized carbons (Fsp3) is 0.500. The molecule has 1 aromatic rings. The number of aromatic nitrogens is 1. The van der Waals surface area contributed by atoms with Gasteiger partial charge in [-0.3, -0.25) is 9.78 Å². The van der Waals surface area contributed by atoms with Gasteiger partial charge in [0.1, 0.15) is 0 Å². The summed E-state index contributed by atoms with van der Waals surface area (Å²) in [6.45, 7) is 0.643. The highest BCUT2D eigenvalue weighted by atomic mass is 16.5. The topological polar surface area (TPSA) is 65.2 Å². The van der Waals surface area contributed by atoms with Crippen LogP contribution in [0.1, 0.15) is 18.5 Å². The number of ether oxygens (including phenoxy) is 1. The van der Waals surface area contributed by atoms with E-state index in [1.165, 1.54) is 0 Å². The van der Waals surface area contributed by atoms with Crippen LogP contribution in [0.25, 0.3) is 0 Å². The Kier molecular flexibility index (Phi) is 5.67. The number of nitrogens with zero attached hydrogens (tertiary/aromatic N) is 1. The molecule has 0 aliphatic rings. The van der Waals surface area contributed by atoms with Gasteiger partial charge in [0.25, 0.3) is 0 Å². The Balaban J connectivity index is 2.34. The van der Waals surface area contributed by atoms with Gasteiger partial charge in [-0.2, -0.15) is 0 Å². The molecule has 2 N–H and O–H groups in total. The summed E-state index contributed by atoms with van der Waals surface area (Å²) in [5.74, 6) is 0.0369. The van der Waals surface area contributed by atoms with Crippen molar-refractivity contribution in [2.24, 2.45) is 5.73 Å². The molecule has 0 aliphatic carbocycles. The smallest absolute Gasteiger partial charge is 0.155 e. The zero-order valence-electron chi connectivity index (χ0n) is 9.56. The van der Waals surface area contributed by atoms with Gasteiger partial charge in [0.05, 0.1) is 12.5 Å². The molecule has 4 heteroatoms. The Hall–Kier alpha value is -1.26. The fourth-order valence-corrected chi connectivity index (χ4v) is 1.42. The SMILES string of the molecule is COCCCC(N)C(=O)Cc1ccccn1. The van der Waals surface area contributed by atoms with E-state index in [1.54, 1.807) is 13.3 Å². The van der Waals surface area contributed by atoms with E-state index < -0.39 is 6.04 Å². The zero-order chi connectivity index (χ0) is 11.8.